The maximum Gasteiger partial charge on any atom is 0.188 e. The number of benzene rings is 6. The second-order valence-corrected chi connectivity index (χ2v) is 14.1. The summed E-state index contributed by atoms with van der Waals surface area (Å²) in [6, 6.07) is 44.0. The van der Waals surface area contributed by atoms with E-state index in [9.17, 15) is 39.0 Å². The van der Waals surface area contributed by atoms with Gasteiger partial charge in [0, 0.05) is 40.7 Å². The van der Waals surface area contributed by atoms with Gasteiger partial charge in [-0.15, -0.1) is 0 Å². The number of hydrogen-bond acceptors (Lipinski definition) is 12. The standard InChI is InChI=1S/C27H26O5.C8H8O3.2C8H8O2/c1-19(28)27(22-12-14-23(29)15-13-22,17-16-24(30)20-8-4-2-5-9-20)26(32)18-25(31)21-10-6-3-7-11-21;9-5-8(11)6-1-3-7(10)4-2-6;1-6(9)7-3-2-4-8(10)5-7;9-6-8(10)7-4-2-1-3-5-7/h2-15,26,29,32H,16-18H2,1H3;1-4,9-10H,5H2;2-5,10H,1H3;1-5,9H,6H2. The number of rotatable bonds is 15. The Morgan fingerprint density at radius 2 is 0.857 bits per heavy atom. The second-order valence-electron chi connectivity index (χ2n) is 14.1. The highest BCUT2D eigenvalue weighted by Crippen LogP contribution is 2.38. The maximum absolute atomic E-state index is 13.0. The molecule has 0 bridgehead atoms. The van der Waals surface area contributed by atoms with Crippen LogP contribution in [-0.4, -0.2) is 84.7 Å². The first kappa shape index (κ1) is 50.0. The summed E-state index contributed by atoms with van der Waals surface area (Å²) in [6.07, 6.45) is -1.57. The van der Waals surface area contributed by atoms with E-state index in [0.29, 0.717) is 33.4 Å². The van der Waals surface area contributed by atoms with Crippen molar-refractivity contribution >= 4 is 34.7 Å². The molecule has 0 amide bonds. The quantitative estimate of drug-likeness (QED) is 0.0552. The fourth-order valence-electron chi connectivity index (χ4n) is 6.23. The minimum absolute atomic E-state index is 0.0149. The highest BCUT2D eigenvalue weighted by molar-refractivity contribution is 6.00. The van der Waals surface area contributed by atoms with Gasteiger partial charge in [-0.3, -0.25) is 28.8 Å². The summed E-state index contributed by atoms with van der Waals surface area (Å²) >= 11 is 0. The zero-order chi connectivity index (χ0) is 46.4. The molecule has 0 aliphatic rings. The maximum atomic E-state index is 13.0. The molecule has 0 saturated carbocycles. The molecule has 0 aliphatic carbocycles. The molecule has 0 heterocycles. The van der Waals surface area contributed by atoms with Crippen LogP contribution in [0, 0.1) is 0 Å². The SMILES string of the molecule is CC(=O)C(CCC(=O)c1ccccc1)(c1ccc(O)cc1)C(O)CC(=O)c1ccccc1.CC(=O)c1cccc(O)c1.O=C(CO)c1ccc(O)cc1.O=C(CO)c1ccccc1. The van der Waals surface area contributed by atoms with E-state index in [-0.39, 0.29) is 71.2 Å². The molecule has 6 N–H and O–H groups in total. The summed E-state index contributed by atoms with van der Waals surface area (Å²) in [7, 11) is 0. The predicted octanol–water partition coefficient (Wildman–Crippen LogP) is 7.54. The number of phenolic OH excluding ortho intramolecular Hbond substituents is 3. The minimum atomic E-state index is -1.47. The van der Waals surface area contributed by atoms with Gasteiger partial charge >= 0.3 is 0 Å². The zero-order valence-corrected chi connectivity index (χ0v) is 34.8. The Hall–Kier alpha value is -7.38. The molecule has 12 nitrogen and oxygen atoms in total. The minimum Gasteiger partial charge on any atom is -0.508 e. The third-order valence-electron chi connectivity index (χ3n) is 9.72. The molecule has 6 aromatic rings. The molecule has 6 aromatic carbocycles. The van der Waals surface area contributed by atoms with Crippen LogP contribution in [0.3, 0.4) is 0 Å². The van der Waals surface area contributed by atoms with E-state index in [0.717, 1.165) is 0 Å². The smallest absolute Gasteiger partial charge is 0.188 e. The van der Waals surface area contributed by atoms with Crippen molar-refractivity contribution in [1.82, 2.24) is 0 Å². The summed E-state index contributed by atoms with van der Waals surface area (Å²) in [4.78, 5) is 70.8. The van der Waals surface area contributed by atoms with Crippen LogP contribution >= 0.6 is 0 Å². The van der Waals surface area contributed by atoms with Crippen molar-refractivity contribution in [3.8, 4) is 17.2 Å². The molecular formula is C51H50O12. The highest BCUT2D eigenvalue weighted by Gasteiger charge is 2.45. The first-order chi connectivity index (χ1) is 30.1. The van der Waals surface area contributed by atoms with Crippen molar-refractivity contribution < 1.29 is 59.4 Å². The summed E-state index contributed by atoms with van der Waals surface area (Å²) in [5.41, 5.74) is 1.45. The molecule has 63 heavy (non-hydrogen) atoms. The molecule has 2 unspecified atom stereocenters. The van der Waals surface area contributed by atoms with E-state index in [4.69, 9.17) is 20.4 Å². The van der Waals surface area contributed by atoms with Gasteiger partial charge < -0.3 is 30.6 Å². The molecule has 0 aromatic heterocycles. The van der Waals surface area contributed by atoms with Gasteiger partial charge in [-0.25, -0.2) is 0 Å². The first-order valence-electron chi connectivity index (χ1n) is 19.7. The Bertz CT molecular complexity index is 2400. The molecule has 0 radical (unpaired) electrons. The van der Waals surface area contributed by atoms with Crippen molar-refractivity contribution in [3.05, 3.63) is 197 Å². The van der Waals surface area contributed by atoms with Crippen molar-refractivity contribution in [2.24, 2.45) is 0 Å². The molecule has 0 spiro atoms. The van der Waals surface area contributed by atoms with Gasteiger partial charge in [0.25, 0.3) is 0 Å². The van der Waals surface area contributed by atoms with Crippen molar-refractivity contribution in [1.29, 1.82) is 0 Å². The lowest BCUT2D eigenvalue weighted by atomic mass is 9.67. The molecule has 0 aliphatic heterocycles. The Balaban J connectivity index is 0.000000274. The van der Waals surface area contributed by atoms with Crippen LogP contribution in [-0.2, 0) is 10.2 Å². The van der Waals surface area contributed by atoms with Crippen molar-refractivity contribution in [3.63, 3.8) is 0 Å². The highest BCUT2D eigenvalue weighted by atomic mass is 16.3. The lowest BCUT2D eigenvalue weighted by molar-refractivity contribution is -0.127. The summed E-state index contributed by atoms with van der Waals surface area (Å²) in [5, 5.41) is 55.6. The third-order valence-corrected chi connectivity index (χ3v) is 9.72. The lowest BCUT2D eigenvalue weighted by Gasteiger charge is -2.36. The number of Topliss-reactive ketones (excluding diaryl/α,β-unsaturated/α-hetero) is 6. The van der Waals surface area contributed by atoms with E-state index in [1.165, 1.54) is 62.4 Å². The zero-order valence-electron chi connectivity index (χ0n) is 34.8. The number of aliphatic hydroxyl groups is 3. The fourth-order valence-corrected chi connectivity index (χ4v) is 6.23. The molecular weight excluding hydrogens is 805 g/mol. The van der Waals surface area contributed by atoms with Crippen LogP contribution in [0.15, 0.2) is 164 Å². The molecule has 6 rings (SSSR count). The van der Waals surface area contributed by atoms with E-state index < -0.39 is 24.7 Å². The first-order valence-corrected chi connectivity index (χ1v) is 19.7. The molecule has 0 fully saturated rings. The third kappa shape index (κ3) is 15.5. The van der Waals surface area contributed by atoms with Gasteiger partial charge in [-0.2, -0.15) is 0 Å². The Morgan fingerprint density at radius 1 is 0.460 bits per heavy atom. The average Bonchev–Trinajstić information content (AvgIpc) is 3.30. The van der Waals surface area contributed by atoms with Gasteiger partial charge in [0.1, 0.15) is 36.2 Å². The number of phenols is 3. The number of hydrogen-bond donors (Lipinski definition) is 6. The normalized spacial score (nSPS) is 11.6. The van der Waals surface area contributed by atoms with Crippen LogP contribution in [0.1, 0.15) is 90.5 Å². The van der Waals surface area contributed by atoms with Gasteiger partial charge in [0.15, 0.2) is 28.9 Å². The number of aromatic hydroxyl groups is 3. The molecule has 0 saturated heterocycles. The number of ketones is 6. The van der Waals surface area contributed by atoms with Crippen LogP contribution < -0.4 is 0 Å². The van der Waals surface area contributed by atoms with Crippen LogP contribution in [0.2, 0.25) is 0 Å². The average molecular weight is 855 g/mol. The largest absolute Gasteiger partial charge is 0.508 e. The molecule has 326 valence electrons. The summed E-state index contributed by atoms with van der Waals surface area (Å²) in [5.74, 6) is -1.15. The molecule has 12 heteroatoms. The Labute approximate surface area is 365 Å². The predicted molar refractivity (Wildman–Crippen MR) is 237 cm³/mol. The van der Waals surface area contributed by atoms with Crippen molar-refractivity contribution in [2.45, 2.75) is 44.6 Å². The number of aliphatic hydroxyl groups excluding tert-OH is 3. The Morgan fingerprint density at radius 3 is 1.25 bits per heavy atom. The lowest BCUT2D eigenvalue weighted by Crippen LogP contribution is -2.47. The summed E-state index contributed by atoms with van der Waals surface area (Å²) < 4.78 is 0. The van der Waals surface area contributed by atoms with E-state index >= 15 is 0 Å². The topological polar surface area (TPSA) is 224 Å². The summed E-state index contributed by atoms with van der Waals surface area (Å²) in [6.45, 7) is 1.92. The van der Waals surface area contributed by atoms with Gasteiger partial charge in [0.2, 0.25) is 0 Å². The fraction of sp³-hybridized carbons (Fsp3) is 0.176. The number of carbonyl (C=O) groups excluding carboxylic acids is 6. The number of carbonyl (C=O) groups is 6. The van der Waals surface area contributed by atoms with Gasteiger partial charge in [-0.05, 0) is 74.4 Å². The van der Waals surface area contributed by atoms with Gasteiger partial charge in [0.05, 0.1) is 11.5 Å². The second kappa shape index (κ2) is 25.4. The Kier molecular flexibility index (Phi) is 20.2. The van der Waals surface area contributed by atoms with E-state index in [1.807, 2.05) is 12.1 Å². The van der Waals surface area contributed by atoms with Crippen LogP contribution in [0.25, 0.3) is 0 Å². The van der Waals surface area contributed by atoms with Crippen LogP contribution in [0.4, 0.5) is 0 Å². The monoisotopic (exact) mass is 854 g/mol. The molecule has 2 atom stereocenters. The van der Waals surface area contributed by atoms with E-state index in [1.54, 1.807) is 103 Å². The van der Waals surface area contributed by atoms with Crippen LogP contribution in [0.5, 0.6) is 17.2 Å². The van der Waals surface area contributed by atoms with E-state index in [2.05, 4.69) is 0 Å². The van der Waals surface area contributed by atoms with Gasteiger partial charge in [-0.1, -0.05) is 115 Å². The van der Waals surface area contributed by atoms with Crippen molar-refractivity contribution in [2.75, 3.05) is 13.2 Å².